The van der Waals surface area contributed by atoms with E-state index in [1.54, 1.807) is 6.92 Å². The first-order valence-electron chi connectivity index (χ1n) is 4.46. The molecule has 3 nitrogen and oxygen atoms in total. The van der Waals surface area contributed by atoms with Crippen molar-refractivity contribution in [3.63, 3.8) is 0 Å². The quantitative estimate of drug-likeness (QED) is 0.777. The van der Waals surface area contributed by atoms with Gasteiger partial charge >= 0.3 is 6.18 Å². The van der Waals surface area contributed by atoms with Crippen LogP contribution in [0.15, 0.2) is 23.3 Å². The van der Waals surface area contributed by atoms with Crippen LogP contribution in [0.1, 0.15) is 20.3 Å². The number of rotatable bonds is 1. The molecular formula is C9H12F3NO2S. The Labute approximate surface area is 91.9 Å². The Morgan fingerprint density at radius 1 is 1.38 bits per heavy atom. The molecule has 0 aromatic carbocycles. The Balaban J connectivity index is 3.41. The van der Waals surface area contributed by atoms with Crippen molar-refractivity contribution in [1.29, 1.82) is 0 Å². The molecular weight excluding hydrogens is 243 g/mol. The highest BCUT2D eigenvalue weighted by atomic mass is 32.2. The summed E-state index contributed by atoms with van der Waals surface area (Å²) < 4.78 is 58.0. The zero-order chi connectivity index (χ0) is 12.8. The number of halogens is 3. The molecule has 0 saturated heterocycles. The van der Waals surface area contributed by atoms with Crippen molar-refractivity contribution in [2.75, 3.05) is 0 Å². The molecule has 92 valence electrons. The van der Waals surface area contributed by atoms with Crippen molar-refractivity contribution in [2.24, 2.45) is 5.14 Å². The van der Waals surface area contributed by atoms with Crippen LogP contribution in [0.5, 0.6) is 0 Å². The molecule has 0 heterocycles. The Hall–Kier alpha value is -0.820. The minimum Gasteiger partial charge on any atom is -0.228 e. The van der Waals surface area contributed by atoms with Gasteiger partial charge in [0.1, 0.15) is 0 Å². The van der Waals surface area contributed by atoms with Gasteiger partial charge in [-0.3, -0.25) is 0 Å². The Morgan fingerprint density at radius 3 is 2.19 bits per heavy atom. The second kappa shape index (κ2) is 3.59. The largest absolute Gasteiger partial charge is 0.413 e. The van der Waals surface area contributed by atoms with Crippen LogP contribution in [0.4, 0.5) is 13.2 Å². The van der Waals surface area contributed by atoms with E-state index in [9.17, 15) is 21.6 Å². The molecule has 0 saturated carbocycles. The topological polar surface area (TPSA) is 60.2 Å². The van der Waals surface area contributed by atoms with Crippen molar-refractivity contribution in [2.45, 2.75) is 31.2 Å². The monoisotopic (exact) mass is 255 g/mol. The lowest BCUT2D eigenvalue weighted by Crippen LogP contribution is -2.54. The van der Waals surface area contributed by atoms with Gasteiger partial charge in [-0.15, -0.1) is 0 Å². The highest BCUT2D eigenvalue weighted by Crippen LogP contribution is 2.44. The SMILES string of the molecule is CC1=C(C)CC(C(F)(F)F)(S(N)(=O)=O)C=C1. The van der Waals surface area contributed by atoms with Crippen LogP contribution in [-0.2, 0) is 10.0 Å². The van der Waals surface area contributed by atoms with Gasteiger partial charge in [0.25, 0.3) is 0 Å². The normalized spacial score (nSPS) is 27.4. The van der Waals surface area contributed by atoms with Crippen LogP contribution in [0.25, 0.3) is 0 Å². The van der Waals surface area contributed by atoms with Crippen molar-refractivity contribution < 1.29 is 21.6 Å². The molecule has 0 aliphatic heterocycles. The first kappa shape index (κ1) is 13.2. The summed E-state index contributed by atoms with van der Waals surface area (Å²) in [7, 11) is -4.75. The van der Waals surface area contributed by atoms with Crippen molar-refractivity contribution in [3.8, 4) is 0 Å². The van der Waals surface area contributed by atoms with E-state index >= 15 is 0 Å². The molecule has 0 aromatic heterocycles. The molecule has 16 heavy (non-hydrogen) atoms. The second-order valence-corrected chi connectivity index (χ2v) is 5.72. The third kappa shape index (κ3) is 1.89. The van der Waals surface area contributed by atoms with Crippen LogP contribution in [0, 0.1) is 0 Å². The van der Waals surface area contributed by atoms with Gasteiger partial charge in [0.05, 0.1) is 0 Å². The predicted molar refractivity (Wildman–Crippen MR) is 54.0 cm³/mol. The highest BCUT2D eigenvalue weighted by Gasteiger charge is 2.61. The smallest absolute Gasteiger partial charge is 0.228 e. The zero-order valence-electron chi connectivity index (χ0n) is 8.80. The molecule has 1 unspecified atom stereocenters. The molecule has 2 N–H and O–H groups in total. The molecule has 1 atom stereocenters. The predicted octanol–water partition coefficient (Wildman–Crippen LogP) is 1.87. The van der Waals surface area contributed by atoms with Gasteiger partial charge in [-0.25, -0.2) is 13.6 Å². The Morgan fingerprint density at radius 2 is 1.88 bits per heavy atom. The van der Waals surface area contributed by atoms with Crippen molar-refractivity contribution in [3.05, 3.63) is 23.3 Å². The minimum atomic E-state index is -4.92. The van der Waals surface area contributed by atoms with Gasteiger partial charge in [0.15, 0.2) is 0 Å². The van der Waals surface area contributed by atoms with Gasteiger partial charge in [-0.1, -0.05) is 23.3 Å². The Kier molecular flexibility index (Phi) is 2.98. The lowest BCUT2D eigenvalue weighted by Gasteiger charge is -2.33. The number of alkyl halides is 3. The summed E-state index contributed by atoms with van der Waals surface area (Å²) in [6.45, 7) is 3.08. The number of primary sulfonamides is 1. The maximum atomic E-state index is 12.9. The van der Waals surface area contributed by atoms with Crippen molar-refractivity contribution in [1.82, 2.24) is 0 Å². The summed E-state index contributed by atoms with van der Waals surface area (Å²) in [5, 5.41) is 4.72. The van der Waals surface area contributed by atoms with E-state index in [1.807, 2.05) is 0 Å². The summed E-state index contributed by atoms with van der Waals surface area (Å²) in [5.41, 5.74) is 0.998. The maximum Gasteiger partial charge on any atom is 0.413 e. The summed E-state index contributed by atoms with van der Waals surface area (Å²) >= 11 is 0. The van der Waals surface area contributed by atoms with Gasteiger partial charge in [0, 0.05) is 6.42 Å². The lowest BCUT2D eigenvalue weighted by atomic mass is 9.90. The van der Waals surface area contributed by atoms with E-state index in [0.29, 0.717) is 17.2 Å². The molecule has 0 amide bonds. The number of sulfonamides is 1. The van der Waals surface area contributed by atoms with E-state index in [-0.39, 0.29) is 0 Å². The summed E-state index contributed by atoms with van der Waals surface area (Å²) in [5.74, 6) is 0. The second-order valence-electron chi connectivity index (χ2n) is 3.91. The van der Waals surface area contributed by atoms with Crippen LogP contribution in [0.2, 0.25) is 0 Å². The maximum absolute atomic E-state index is 12.9. The molecule has 0 fully saturated rings. The first-order valence-corrected chi connectivity index (χ1v) is 6.00. The fourth-order valence-electron chi connectivity index (χ4n) is 1.55. The molecule has 1 aliphatic rings. The first-order chi connectivity index (χ1) is 7.01. The average molecular weight is 255 g/mol. The summed E-state index contributed by atoms with van der Waals surface area (Å²) in [4.78, 5) is 0. The summed E-state index contributed by atoms with van der Waals surface area (Å²) in [6, 6.07) is 0. The number of nitrogens with two attached hydrogens (primary N) is 1. The average Bonchev–Trinajstić information content (AvgIpc) is 2.05. The molecule has 0 bridgehead atoms. The molecule has 1 aliphatic carbocycles. The molecule has 0 aromatic rings. The molecule has 0 spiro atoms. The lowest BCUT2D eigenvalue weighted by molar-refractivity contribution is -0.150. The van der Waals surface area contributed by atoms with E-state index in [0.717, 1.165) is 6.08 Å². The standard InChI is InChI=1S/C9H12F3NO2S/c1-6-3-4-8(5-7(6)2,9(10,11)12)16(13,14)15/h3-4H,5H2,1-2H3,(H2,13,14,15). The van der Waals surface area contributed by atoms with Gasteiger partial charge in [-0.05, 0) is 13.8 Å². The number of allylic oxidation sites excluding steroid dienone is 3. The van der Waals surface area contributed by atoms with E-state index in [1.165, 1.54) is 6.92 Å². The molecule has 0 radical (unpaired) electrons. The number of hydrogen-bond donors (Lipinski definition) is 1. The Bertz CT molecular complexity index is 462. The number of hydrogen-bond acceptors (Lipinski definition) is 2. The van der Waals surface area contributed by atoms with Crippen LogP contribution in [0.3, 0.4) is 0 Å². The van der Waals surface area contributed by atoms with E-state index < -0.39 is 27.4 Å². The fraction of sp³-hybridized carbons (Fsp3) is 0.556. The van der Waals surface area contributed by atoms with E-state index in [2.05, 4.69) is 0 Å². The zero-order valence-corrected chi connectivity index (χ0v) is 9.61. The third-order valence-corrected chi connectivity index (χ3v) is 4.32. The van der Waals surface area contributed by atoms with Crippen LogP contribution < -0.4 is 5.14 Å². The summed E-state index contributed by atoms with van der Waals surface area (Å²) in [6.07, 6.45) is -3.78. The third-order valence-electron chi connectivity index (χ3n) is 2.79. The van der Waals surface area contributed by atoms with Gasteiger partial charge < -0.3 is 0 Å². The van der Waals surface area contributed by atoms with Gasteiger partial charge in [0.2, 0.25) is 14.8 Å². The van der Waals surface area contributed by atoms with E-state index in [4.69, 9.17) is 5.14 Å². The fourth-order valence-corrected chi connectivity index (χ4v) is 2.54. The van der Waals surface area contributed by atoms with Crippen molar-refractivity contribution >= 4 is 10.0 Å². The minimum absolute atomic E-state index is 0.369. The molecule has 7 heteroatoms. The van der Waals surface area contributed by atoms with Crippen LogP contribution in [-0.4, -0.2) is 19.3 Å². The highest BCUT2D eigenvalue weighted by molar-refractivity contribution is 7.90. The molecule has 1 rings (SSSR count). The van der Waals surface area contributed by atoms with Gasteiger partial charge in [-0.2, -0.15) is 13.2 Å². The van der Waals surface area contributed by atoms with Crippen LogP contribution >= 0.6 is 0 Å².